The van der Waals surface area contributed by atoms with Crippen molar-refractivity contribution in [1.29, 1.82) is 0 Å². The Bertz CT molecular complexity index is 975. The molecular weight excluding hydrogens is 460 g/mol. The maximum absolute atomic E-state index is 12.2. The highest BCUT2D eigenvalue weighted by atomic mass is 16.6. The summed E-state index contributed by atoms with van der Waals surface area (Å²) in [5.74, 6) is 0.804. The van der Waals surface area contributed by atoms with Crippen molar-refractivity contribution in [3.63, 3.8) is 0 Å². The first-order valence-corrected chi connectivity index (χ1v) is 13.6. The third-order valence-electron chi connectivity index (χ3n) is 10.4. The molecule has 3 saturated carbocycles. The van der Waals surface area contributed by atoms with Crippen molar-refractivity contribution < 1.29 is 24.0 Å². The van der Waals surface area contributed by atoms with Crippen molar-refractivity contribution in [1.82, 2.24) is 0 Å². The van der Waals surface area contributed by atoms with E-state index in [2.05, 4.69) is 24.9 Å². The summed E-state index contributed by atoms with van der Waals surface area (Å²) in [6.45, 7) is 11.7. The van der Waals surface area contributed by atoms with Gasteiger partial charge in [-0.25, -0.2) is 4.79 Å². The minimum Gasteiger partial charge on any atom is -0.462 e. The number of nitro groups is 1. The molecule has 4 rings (SSSR count). The van der Waals surface area contributed by atoms with Crippen molar-refractivity contribution in [2.45, 2.75) is 98.6 Å². The number of rotatable bonds is 5. The van der Waals surface area contributed by atoms with Gasteiger partial charge in [0, 0.05) is 42.7 Å². The van der Waals surface area contributed by atoms with Crippen LogP contribution in [0.25, 0.3) is 0 Å². The van der Waals surface area contributed by atoms with Gasteiger partial charge in [-0.1, -0.05) is 25.5 Å². The maximum Gasteiger partial charge on any atom is 0.433 e. The molecule has 3 fully saturated rings. The molecular formula is C28H42N2O6. The Morgan fingerprint density at radius 1 is 1.22 bits per heavy atom. The summed E-state index contributed by atoms with van der Waals surface area (Å²) in [6.07, 6.45) is 8.23. The standard InChI is InChI=1S/C28H42N2O6/c1-7-35-26(32)29-16(2)25-22(17(3)30(33)34)15-24-21-9-8-19-14-20(36-18(4)31)10-12-27(19,5)23(21)11-13-28(24,25)6/h8,17,20-25H,7,9-15H2,1-6H3/t17-,20-,21+,22-,23-,24+,25-,27-,28-/m0/s1. The third-order valence-corrected chi connectivity index (χ3v) is 10.4. The van der Waals surface area contributed by atoms with Crippen LogP contribution in [0.3, 0.4) is 0 Å². The number of carbonyl (C=O) groups excluding carboxylic acids is 2. The van der Waals surface area contributed by atoms with Crippen LogP contribution in [0.1, 0.15) is 86.5 Å². The van der Waals surface area contributed by atoms with Gasteiger partial charge in [-0.2, -0.15) is 4.99 Å². The van der Waals surface area contributed by atoms with Crippen molar-refractivity contribution in [3.8, 4) is 0 Å². The number of allylic oxidation sites excluding steroid dienone is 1. The molecule has 9 atom stereocenters. The van der Waals surface area contributed by atoms with Gasteiger partial charge in [-0.3, -0.25) is 14.9 Å². The Labute approximate surface area is 214 Å². The molecule has 0 aromatic rings. The molecule has 0 spiro atoms. The number of carbonyl (C=O) groups is 2. The van der Waals surface area contributed by atoms with Crippen LogP contribution in [0.15, 0.2) is 16.6 Å². The van der Waals surface area contributed by atoms with Crippen molar-refractivity contribution >= 4 is 17.8 Å². The van der Waals surface area contributed by atoms with E-state index < -0.39 is 12.1 Å². The van der Waals surface area contributed by atoms with Crippen LogP contribution in [0.5, 0.6) is 0 Å². The molecule has 0 aromatic heterocycles. The average molecular weight is 503 g/mol. The molecule has 0 heterocycles. The molecule has 8 nitrogen and oxygen atoms in total. The highest BCUT2D eigenvalue weighted by molar-refractivity contribution is 5.94. The largest absolute Gasteiger partial charge is 0.462 e. The van der Waals surface area contributed by atoms with Gasteiger partial charge < -0.3 is 9.47 Å². The van der Waals surface area contributed by atoms with Crippen LogP contribution in [0, 0.1) is 50.5 Å². The van der Waals surface area contributed by atoms with Crippen LogP contribution >= 0.6 is 0 Å². The van der Waals surface area contributed by atoms with E-state index in [4.69, 9.17) is 9.47 Å². The Morgan fingerprint density at radius 3 is 2.58 bits per heavy atom. The van der Waals surface area contributed by atoms with E-state index in [-0.39, 0.29) is 46.3 Å². The molecule has 0 radical (unpaired) electrons. The first kappa shape index (κ1) is 26.8. The predicted octanol–water partition coefficient (Wildman–Crippen LogP) is 6.01. The van der Waals surface area contributed by atoms with Gasteiger partial charge in [0.1, 0.15) is 6.10 Å². The molecule has 4 aliphatic rings. The van der Waals surface area contributed by atoms with E-state index in [1.807, 2.05) is 6.92 Å². The van der Waals surface area contributed by atoms with Gasteiger partial charge in [0.05, 0.1) is 6.61 Å². The average Bonchev–Trinajstić information content (AvgIpc) is 3.11. The molecule has 200 valence electrons. The van der Waals surface area contributed by atoms with E-state index in [0.29, 0.717) is 23.5 Å². The zero-order valence-electron chi connectivity index (χ0n) is 22.6. The first-order chi connectivity index (χ1) is 16.9. The second-order valence-corrected chi connectivity index (χ2v) is 12.1. The summed E-state index contributed by atoms with van der Waals surface area (Å²) in [7, 11) is 0. The van der Waals surface area contributed by atoms with E-state index in [1.165, 1.54) is 12.5 Å². The van der Waals surface area contributed by atoms with Crippen LogP contribution in [-0.2, 0) is 14.3 Å². The number of hydrogen-bond donors (Lipinski definition) is 0. The van der Waals surface area contributed by atoms with Crippen molar-refractivity contribution in [3.05, 3.63) is 21.8 Å². The second-order valence-electron chi connectivity index (χ2n) is 12.1. The van der Waals surface area contributed by atoms with Gasteiger partial charge >= 0.3 is 12.1 Å². The Kier molecular flexibility index (Phi) is 7.37. The summed E-state index contributed by atoms with van der Waals surface area (Å²) in [4.78, 5) is 39.8. The molecule has 0 unspecified atom stereocenters. The number of ether oxygens (including phenoxy) is 2. The lowest BCUT2D eigenvalue weighted by Gasteiger charge is -2.58. The Balaban J connectivity index is 1.66. The maximum atomic E-state index is 12.2. The number of esters is 1. The summed E-state index contributed by atoms with van der Waals surface area (Å²) in [5, 5.41) is 11.9. The van der Waals surface area contributed by atoms with E-state index in [9.17, 15) is 19.7 Å². The van der Waals surface area contributed by atoms with Crippen LogP contribution in [-0.4, -0.2) is 41.5 Å². The molecule has 0 saturated heterocycles. The van der Waals surface area contributed by atoms with Crippen molar-refractivity contribution in [2.24, 2.45) is 45.4 Å². The summed E-state index contributed by atoms with van der Waals surface area (Å²) in [6, 6.07) is -0.701. The number of amides is 1. The fraction of sp³-hybridized carbons (Fsp3) is 0.821. The molecule has 0 aliphatic heterocycles. The molecule has 0 aromatic carbocycles. The zero-order chi connectivity index (χ0) is 26.4. The van der Waals surface area contributed by atoms with Crippen LogP contribution in [0.4, 0.5) is 4.79 Å². The van der Waals surface area contributed by atoms with Gasteiger partial charge in [0.15, 0.2) is 0 Å². The quantitative estimate of drug-likeness (QED) is 0.150. The van der Waals surface area contributed by atoms with Gasteiger partial charge in [0.2, 0.25) is 6.04 Å². The lowest BCUT2D eigenvalue weighted by atomic mass is 9.47. The Hall–Kier alpha value is -2.25. The van der Waals surface area contributed by atoms with E-state index in [0.717, 1.165) is 44.9 Å². The SMILES string of the molecule is CCOC(=O)N=C(C)[C@H]1[C@H]([C@H](C)[N+](=O)[O-])C[C@@H]2[C@@H]3CC=C4C[C@@H](OC(C)=O)CC[C@]4(C)[C@H]3CC[C@@]21C. The first-order valence-electron chi connectivity index (χ1n) is 13.6. The Morgan fingerprint density at radius 2 is 1.94 bits per heavy atom. The van der Waals surface area contributed by atoms with Crippen molar-refractivity contribution in [2.75, 3.05) is 6.61 Å². The molecule has 0 bridgehead atoms. The molecule has 0 N–H and O–H groups in total. The van der Waals surface area contributed by atoms with Gasteiger partial charge in [-0.15, -0.1) is 0 Å². The van der Waals surface area contributed by atoms with Gasteiger partial charge in [-0.05, 0) is 81.0 Å². The topological polar surface area (TPSA) is 108 Å². The van der Waals surface area contributed by atoms with Gasteiger partial charge in [0.25, 0.3) is 0 Å². The van der Waals surface area contributed by atoms with E-state index in [1.54, 1.807) is 13.8 Å². The summed E-state index contributed by atoms with van der Waals surface area (Å²) in [5.41, 5.74) is 2.04. The highest BCUT2D eigenvalue weighted by Crippen LogP contribution is 2.68. The minimum atomic E-state index is -0.701. The number of nitrogens with zero attached hydrogens (tertiary/aromatic N) is 2. The fourth-order valence-electron chi connectivity index (χ4n) is 8.85. The minimum absolute atomic E-state index is 0.0323. The number of aliphatic imine (C=N–C) groups is 1. The normalized spacial score (nSPS) is 40.7. The monoisotopic (exact) mass is 502 g/mol. The fourth-order valence-corrected chi connectivity index (χ4v) is 8.85. The molecule has 1 amide bonds. The lowest BCUT2D eigenvalue weighted by Crippen LogP contribution is -2.51. The van der Waals surface area contributed by atoms with Crippen LogP contribution in [0.2, 0.25) is 0 Å². The molecule has 8 heteroatoms. The smallest absolute Gasteiger partial charge is 0.433 e. The third kappa shape index (κ3) is 4.49. The second kappa shape index (κ2) is 9.90. The number of fused-ring (bicyclic) bond motifs is 5. The summed E-state index contributed by atoms with van der Waals surface area (Å²) >= 11 is 0. The zero-order valence-corrected chi connectivity index (χ0v) is 22.6. The van der Waals surface area contributed by atoms with E-state index >= 15 is 0 Å². The highest BCUT2D eigenvalue weighted by Gasteiger charge is 2.63. The predicted molar refractivity (Wildman–Crippen MR) is 136 cm³/mol. The molecule has 4 aliphatic carbocycles. The lowest BCUT2D eigenvalue weighted by molar-refractivity contribution is -0.528. The number of hydrogen-bond acceptors (Lipinski definition) is 6. The molecule has 36 heavy (non-hydrogen) atoms. The van der Waals surface area contributed by atoms with Crippen LogP contribution < -0.4 is 0 Å². The summed E-state index contributed by atoms with van der Waals surface area (Å²) < 4.78 is 10.6.